The van der Waals surface area contributed by atoms with Crippen LogP contribution in [-0.2, 0) is 11.2 Å². The van der Waals surface area contributed by atoms with Crippen molar-refractivity contribution in [2.75, 3.05) is 5.32 Å². The number of anilines is 1. The van der Waals surface area contributed by atoms with Gasteiger partial charge < -0.3 is 5.32 Å². The molecule has 1 N–H and O–H groups in total. The number of nitrogens with zero attached hydrogens (tertiary/aromatic N) is 1. The summed E-state index contributed by atoms with van der Waals surface area (Å²) >= 11 is 1.38. The van der Waals surface area contributed by atoms with Gasteiger partial charge in [0.1, 0.15) is 5.82 Å². The zero-order valence-corrected chi connectivity index (χ0v) is 13.1. The van der Waals surface area contributed by atoms with E-state index in [1.807, 2.05) is 30.3 Å². The van der Waals surface area contributed by atoms with Crippen LogP contribution in [0.4, 0.5) is 9.52 Å². The molecular formula is C18H15FN2OS. The van der Waals surface area contributed by atoms with E-state index in [2.05, 4.69) is 10.3 Å². The standard InChI is InChI=1S/C18H15FN2OS/c19-15-9-7-14(8-10-15)16-12-20-18(23-16)21-17(22)11-6-13-4-2-1-3-5-13/h1-5,7-10,12H,6,11H2,(H,20,21,22). The third-order valence-electron chi connectivity index (χ3n) is 3.36. The minimum atomic E-state index is -0.271. The van der Waals surface area contributed by atoms with Crippen molar-refractivity contribution < 1.29 is 9.18 Å². The molecule has 0 atom stereocenters. The van der Waals surface area contributed by atoms with E-state index in [9.17, 15) is 9.18 Å². The van der Waals surface area contributed by atoms with Crippen LogP contribution in [-0.4, -0.2) is 10.9 Å². The number of aryl methyl sites for hydroxylation is 1. The van der Waals surface area contributed by atoms with Gasteiger partial charge in [0.2, 0.25) is 5.91 Å². The van der Waals surface area contributed by atoms with Crippen LogP contribution in [0, 0.1) is 5.82 Å². The molecule has 0 fully saturated rings. The number of aromatic nitrogens is 1. The van der Waals surface area contributed by atoms with Gasteiger partial charge in [0, 0.05) is 12.6 Å². The first-order valence-corrected chi connectivity index (χ1v) is 8.08. The van der Waals surface area contributed by atoms with Crippen LogP contribution in [0.15, 0.2) is 60.8 Å². The van der Waals surface area contributed by atoms with Crippen LogP contribution >= 0.6 is 11.3 Å². The molecule has 3 aromatic rings. The molecule has 0 aliphatic carbocycles. The number of rotatable bonds is 5. The van der Waals surface area contributed by atoms with E-state index in [0.29, 0.717) is 18.0 Å². The molecule has 0 aliphatic heterocycles. The fourth-order valence-electron chi connectivity index (χ4n) is 2.16. The molecule has 116 valence electrons. The minimum absolute atomic E-state index is 0.0612. The fourth-order valence-corrected chi connectivity index (χ4v) is 3.00. The Balaban J connectivity index is 1.58. The van der Waals surface area contributed by atoms with E-state index in [1.54, 1.807) is 18.3 Å². The molecule has 0 bridgehead atoms. The number of amides is 1. The Labute approximate surface area is 137 Å². The van der Waals surface area contributed by atoms with E-state index in [-0.39, 0.29) is 11.7 Å². The van der Waals surface area contributed by atoms with Gasteiger partial charge in [-0.15, -0.1) is 0 Å². The van der Waals surface area contributed by atoms with E-state index in [4.69, 9.17) is 0 Å². The number of halogens is 1. The van der Waals surface area contributed by atoms with E-state index < -0.39 is 0 Å². The van der Waals surface area contributed by atoms with Crippen molar-refractivity contribution in [2.45, 2.75) is 12.8 Å². The van der Waals surface area contributed by atoms with E-state index in [0.717, 1.165) is 16.0 Å². The maximum atomic E-state index is 12.9. The number of benzene rings is 2. The van der Waals surface area contributed by atoms with Gasteiger partial charge in [-0.05, 0) is 29.7 Å². The summed E-state index contributed by atoms with van der Waals surface area (Å²) < 4.78 is 12.9. The van der Waals surface area contributed by atoms with Crippen molar-refractivity contribution in [3.63, 3.8) is 0 Å². The molecule has 1 heterocycles. The molecule has 0 radical (unpaired) electrons. The van der Waals surface area contributed by atoms with Crippen molar-refractivity contribution in [3.05, 3.63) is 72.2 Å². The van der Waals surface area contributed by atoms with Crippen molar-refractivity contribution >= 4 is 22.4 Å². The quantitative estimate of drug-likeness (QED) is 0.749. The summed E-state index contributed by atoms with van der Waals surface area (Å²) in [6, 6.07) is 16.1. The van der Waals surface area contributed by atoms with Gasteiger partial charge in [-0.1, -0.05) is 53.8 Å². The van der Waals surface area contributed by atoms with Crippen molar-refractivity contribution in [3.8, 4) is 10.4 Å². The highest BCUT2D eigenvalue weighted by Crippen LogP contribution is 2.29. The molecule has 1 amide bonds. The average molecular weight is 326 g/mol. The summed E-state index contributed by atoms with van der Waals surface area (Å²) in [6.45, 7) is 0. The monoisotopic (exact) mass is 326 g/mol. The zero-order valence-electron chi connectivity index (χ0n) is 12.3. The van der Waals surface area contributed by atoms with Crippen LogP contribution in [0.2, 0.25) is 0 Å². The zero-order chi connectivity index (χ0) is 16.1. The lowest BCUT2D eigenvalue weighted by atomic mass is 10.1. The molecule has 5 heteroatoms. The molecule has 2 aromatic carbocycles. The maximum Gasteiger partial charge on any atom is 0.226 e. The molecule has 0 unspecified atom stereocenters. The predicted octanol–water partition coefficient (Wildman–Crippen LogP) is 4.52. The van der Waals surface area contributed by atoms with Gasteiger partial charge in [-0.3, -0.25) is 4.79 Å². The molecule has 0 spiro atoms. The Morgan fingerprint density at radius 3 is 2.57 bits per heavy atom. The summed E-state index contributed by atoms with van der Waals surface area (Å²) in [5.74, 6) is -0.332. The number of hydrogen-bond acceptors (Lipinski definition) is 3. The summed E-state index contributed by atoms with van der Waals surface area (Å²) in [5, 5.41) is 3.37. The lowest BCUT2D eigenvalue weighted by Gasteiger charge is -2.02. The number of nitrogens with one attached hydrogen (secondary N) is 1. The highest BCUT2D eigenvalue weighted by atomic mass is 32.1. The minimum Gasteiger partial charge on any atom is -0.302 e. The maximum absolute atomic E-state index is 12.9. The highest BCUT2D eigenvalue weighted by molar-refractivity contribution is 7.19. The van der Waals surface area contributed by atoms with Crippen LogP contribution in [0.5, 0.6) is 0 Å². The normalized spacial score (nSPS) is 10.5. The van der Waals surface area contributed by atoms with Gasteiger partial charge in [-0.2, -0.15) is 0 Å². The molecule has 1 aromatic heterocycles. The number of carbonyl (C=O) groups excluding carboxylic acids is 1. The summed E-state index contributed by atoms with van der Waals surface area (Å²) in [5.41, 5.74) is 2.02. The first kappa shape index (κ1) is 15.4. The number of carbonyl (C=O) groups is 1. The Kier molecular flexibility index (Phi) is 4.78. The Morgan fingerprint density at radius 2 is 1.83 bits per heavy atom. The molecular weight excluding hydrogens is 311 g/mol. The molecule has 0 saturated heterocycles. The first-order chi connectivity index (χ1) is 11.2. The second-order valence-electron chi connectivity index (χ2n) is 5.07. The van der Waals surface area contributed by atoms with Crippen molar-refractivity contribution in [2.24, 2.45) is 0 Å². The molecule has 23 heavy (non-hydrogen) atoms. The summed E-state index contributed by atoms with van der Waals surface area (Å²) in [7, 11) is 0. The van der Waals surface area contributed by atoms with Crippen LogP contribution in [0.25, 0.3) is 10.4 Å². The second kappa shape index (κ2) is 7.15. The SMILES string of the molecule is O=C(CCc1ccccc1)Nc1ncc(-c2ccc(F)cc2)s1. The van der Waals surface area contributed by atoms with Gasteiger partial charge in [-0.25, -0.2) is 9.37 Å². The van der Waals surface area contributed by atoms with Gasteiger partial charge in [0.05, 0.1) is 4.88 Å². The summed E-state index contributed by atoms with van der Waals surface area (Å²) in [4.78, 5) is 17.1. The van der Waals surface area contributed by atoms with Crippen molar-refractivity contribution in [1.29, 1.82) is 0 Å². The van der Waals surface area contributed by atoms with Crippen LogP contribution in [0.1, 0.15) is 12.0 Å². The molecule has 3 nitrogen and oxygen atoms in total. The van der Waals surface area contributed by atoms with Crippen LogP contribution in [0.3, 0.4) is 0 Å². The van der Waals surface area contributed by atoms with Gasteiger partial charge in [0.25, 0.3) is 0 Å². The lowest BCUT2D eigenvalue weighted by molar-refractivity contribution is -0.116. The summed E-state index contributed by atoms with van der Waals surface area (Å²) in [6.07, 6.45) is 2.79. The van der Waals surface area contributed by atoms with Crippen LogP contribution < -0.4 is 5.32 Å². The lowest BCUT2D eigenvalue weighted by Crippen LogP contribution is -2.11. The third kappa shape index (κ3) is 4.23. The fraction of sp³-hybridized carbons (Fsp3) is 0.111. The smallest absolute Gasteiger partial charge is 0.226 e. The topological polar surface area (TPSA) is 42.0 Å². The van der Waals surface area contributed by atoms with Gasteiger partial charge >= 0.3 is 0 Å². The highest BCUT2D eigenvalue weighted by Gasteiger charge is 2.08. The molecule has 3 rings (SSSR count). The van der Waals surface area contributed by atoms with Crippen molar-refractivity contribution in [1.82, 2.24) is 4.98 Å². The number of thiazole rings is 1. The molecule has 0 aliphatic rings. The number of hydrogen-bond donors (Lipinski definition) is 1. The third-order valence-corrected chi connectivity index (χ3v) is 4.33. The molecule has 0 saturated carbocycles. The van der Waals surface area contributed by atoms with E-state index in [1.165, 1.54) is 23.5 Å². The average Bonchev–Trinajstić information content (AvgIpc) is 3.03. The Morgan fingerprint density at radius 1 is 1.09 bits per heavy atom. The second-order valence-corrected chi connectivity index (χ2v) is 6.10. The largest absolute Gasteiger partial charge is 0.302 e. The predicted molar refractivity (Wildman–Crippen MR) is 90.9 cm³/mol. The first-order valence-electron chi connectivity index (χ1n) is 7.26. The van der Waals surface area contributed by atoms with Gasteiger partial charge in [0.15, 0.2) is 5.13 Å². The Hall–Kier alpha value is -2.53. The Bertz CT molecular complexity index is 784. The van der Waals surface area contributed by atoms with E-state index >= 15 is 0 Å².